The molecule has 0 radical (unpaired) electrons. The molecule has 2 rings (SSSR count). The number of aliphatic hydroxyl groups is 1. The molecule has 3 unspecified atom stereocenters. The molecular weight excluding hydrogens is 255 g/mol. The zero-order valence-corrected chi connectivity index (χ0v) is 11.2. The van der Waals surface area contributed by atoms with E-state index in [0.717, 1.165) is 18.4 Å². The van der Waals surface area contributed by atoms with Gasteiger partial charge >= 0.3 is 0 Å². The summed E-state index contributed by atoms with van der Waals surface area (Å²) in [6, 6.07) is 4.59. The van der Waals surface area contributed by atoms with Gasteiger partial charge in [-0.3, -0.25) is 0 Å². The van der Waals surface area contributed by atoms with E-state index in [0.29, 0.717) is 13.0 Å². The molecule has 0 bridgehead atoms. The van der Waals surface area contributed by atoms with Gasteiger partial charge in [0.25, 0.3) is 0 Å². The standard InChI is InChI=1S/C14H18ClFO2/c1-2-14-10(5-6-18-14)13(17)8-9-3-4-12(16)11(15)7-9/h3-4,7,10,13-14,17H,2,5-6,8H2,1H3. The van der Waals surface area contributed by atoms with E-state index in [2.05, 4.69) is 6.92 Å². The van der Waals surface area contributed by atoms with E-state index in [-0.39, 0.29) is 17.0 Å². The van der Waals surface area contributed by atoms with Crippen molar-refractivity contribution >= 4 is 11.6 Å². The number of hydrogen-bond acceptors (Lipinski definition) is 2. The highest BCUT2D eigenvalue weighted by Crippen LogP contribution is 2.28. The molecule has 0 spiro atoms. The Kier molecular flexibility index (Phi) is 4.60. The second-order valence-corrected chi connectivity index (χ2v) is 5.20. The fourth-order valence-corrected chi connectivity index (χ4v) is 2.79. The summed E-state index contributed by atoms with van der Waals surface area (Å²) in [7, 11) is 0. The van der Waals surface area contributed by atoms with Crippen LogP contribution < -0.4 is 0 Å². The Morgan fingerprint density at radius 2 is 2.33 bits per heavy atom. The number of rotatable bonds is 4. The summed E-state index contributed by atoms with van der Waals surface area (Å²) in [5.74, 6) is -0.260. The van der Waals surface area contributed by atoms with Crippen LogP contribution in [0, 0.1) is 11.7 Å². The van der Waals surface area contributed by atoms with Crippen molar-refractivity contribution in [2.45, 2.75) is 38.4 Å². The highest BCUT2D eigenvalue weighted by molar-refractivity contribution is 6.30. The average molecular weight is 273 g/mol. The molecule has 1 saturated heterocycles. The Morgan fingerprint density at radius 1 is 1.56 bits per heavy atom. The van der Waals surface area contributed by atoms with Gasteiger partial charge < -0.3 is 9.84 Å². The fraction of sp³-hybridized carbons (Fsp3) is 0.571. The second kappa shape index (κ2) is 6.00. The van der Waals surface area contributed by atoms with Gasteiger partial charge in [-0.2, -0.15) is 0 Å². The smallest absolute Gasteiger partial charge is 0.141 e. The first-order chi connectivity index (χ1) is 8.61. The summed E-state index contributed by atoms with van der Waals surface area (Å²) in [6.45, 7) is 2.77. The third-order valence-electron chi connectivity index (χ3n) is 3.59. The summed E-state index contributed by atoms with van der Waals surface area (Å²) < 4.78 is 18.6. The van der Waals surface area contributed by atoms with Gasteiger partial charge in [-0.1, -0.05) is 24.6 Å². The summed E-state index contributed by atoms with van der Waals surface area (Å²) >= 11 is 5.73. The zero-order chi connectivity index (χ0) is 13.1. The average Bonchev–Trinajstić information content (AvgIpc) is 2.82. The molecule has 18 heavy (non-hydrogen) atoms. The molecule has 3 atom stereocenters. The summed E-state index contributed by atoms with van der Waals surface area (Å²) in [5, 5.41) is 10.4. The first-order valence-corrected chi connectivity index (χ1v) is 6.73. The predicted molar refractivity (Wildman–Crippen MR) is 69.3 cm³/mol. The van der Waals surface area contributed by atoms with Crippen molar-refractivity contribution in [2.75, 3.05) is 6.61 Å². The monoisotopic (exact) mass is 272 g/mol. The Labute approximate surface area is 112 Å². The first kappa shape index (κ1) is 13.8. The van der Waals surface area contributed by atoms with Gasteiger partial charge in [0.15, 0.2) is 0 Å². The lowest BCUT2D eigenvalue weighted by molar-refractivity contribution is 0.0318. The normalized spacial score (nSPS) is 25.3. The topological polar surface area (TPSA) is 29.5 Å². The SMILES string of the molecule is CCC1OCCC1C(O)Cc1ccc(F)c(Cl)c1. The molecule has 1 heterocycles. The zero-order valence-electron chi connectivity index (χ0n) is 10.4. The van der Waals surface area contributed by atoms with Crippen molar-refractivity contribution in [2.24, 2.45) is 5.92 Å². The molecule has 1 aliphatic rings. The molecule has 0 saturated carbocycles. The highest BCUT2D eigenvalue weighted by atomic mass is 35.5. The molecule has 1 aromatic rings. The van der Waals surface area contributed by atoms with Crippen molar-refractivity contribution in [1.82, 2.24) is 0 Å². The fourth-order valence-electron chi connectivity index (χ4n) is 2.59. The van der Waals surface area contributed by atoms with E-state index < -0.39 is 11.9 Å². The van der Waals surface area contributed by atoms with Crippen LogP contribution in [0.25, 0.3) is 0 Å². The summed E-state index contributed by atoms with van der Waals surface area (Å²) in [4.78, 5) is 0. The third-order valence-corrected chi connectivity index (χ3v) is 3.88. The van der Waals surface area contributed by atoms with Crippen molar-refractivity contribution in [3.63, 3.8) is 0 Å². The molecule has 100 valence electrons. The van der Waals surface area contributed by atoms with Gasteiger partial charge in [-0.25, -0.2) is 4.39 Å². The first-order valence-electron chi connectivity index (χ1n) is 6.35. The van der Waals surface area contributed by atoms with Crippen LogP contribution >= 0.6 is 11.6 Å². The largest absolute Gasteiger partial charge is 0.392 e. The number of halogens is 2. The Hall–Kier alpha value is -0.640. The van der Waals surface area contributed by atoms with Crippen LogP contribution in [-0.4, -0.2) is 23.9 Å². The third kappa shape index (κ3) is 3.02. The quantitative estimate of drug-likeness (QED) is 0.912. The van der Waals surface area contributed by atoms with E-state index >= 15 is 0 Å². The van der Waals surface area contributed by atoms with Gasteiger partial charge in [0.05, 0.1) is 17.2 Å². The number of aliphatic hydroxyl groups excluding tert-OH is 1. The molecule has 1 N–H and O–H groups in total. The van der Waals surface area contributed by atoms with Crippen LogP contribution in [0.2, 0.25) is 5.02 Å². The van der Waals surface area contributed by atoms with Gasteiger partial charge in [0.1, 0.15) is 5.82 Å². The van der Waals surface area contributed by atoms with E-state index in [1.807, 2.05) is 0 Å². The molecule has 0 amide bonds. The minimum Gasteiger partial charge on any atom is -0.392 e. The Morgan fingerprint density at radius 3 is 3.00 bits per heavy atom. The van der Waals surface area contributed by atoms with E-state index in [1.165, 1.54) is 6.07 Å². The van der Waals surface area contributed by atoms with Crippen LogP contribution in [0.1, 0.15) is 25.3 Å². The number of hydrogen-bond donors (Lipinski definition) is 1. The molecule has 0 aromatic heterocycles. The molecule has 0 aliphatic carbocycles. The van der Waals surface area contributed by atoms with E-state index in [4.69, 9.17) is 16.3 Å². The molecule has 2 nitrogen and oxygen atoms in total. The maximum Gasteiger partial charge on any atom is 0.141 e. The van der Waals surface area contributed by atoms with Crippen LogP contribution in [0.5, 0.6) is 0 Å². The highest BCUT2D eigenvalue weighted by Gasteiger charge is 2.32. The van der Waals surface area contributed by atoms with Gasteiger partial charge in [0, 0.05) is 12.5 Å². The van der Waals surface area contributed by atoms with Gasteiger partial charge in [-0.15, -0.1) is 0 Å². The van der Waals surface area contributed by atoms with E-state index in [1.54, 1.807) is 12.1 Å². The summed E-state index contributed by atoms with van der Waals surface area (Å²) in [6.07, 6.45) is 1.96. The lowest BCUT2D eigenvalue weighted by atomic mass is 9.89. The van der Waals surface area contributed by atoms with Gasteiger partial charge in [0.2, 0.25) is 0 Å². The number of benzene rings is 1. The molecular formula is C14H18ClFO2. The van der Waals surface area contributed by atoms with Crippen molar-refractivity contribution in [3.05, 3.63) is 34.6 Å². The van der Waals surface area contributed by atoms with Crippen molar-refractivity contribution in [3.8, 4) is 0 Å². The predicted octanol–water partition coefficient (Wildman–Crippen LogP) is 3.20. The lowest BCUT2D eigenvalue weighted by Gasteiger charge is -2.22. The van der Waals surface area contributed by atoms with Crippen LogP contribution in [0.15, 0.2) is 18.2 Å². The minimum absolute atomic E-state index is 0.106. The minimum atomic E-state index is -0.459. The lowest BCUT2D eigenvalue weighted by Crippen LogP contribution is -2.29. The Balaban J connectivity index is 2.02. The molecule has 1 aromatic carbocycles. The van der Waals surface area contributed by atoms with Crippen molar-refractivity contribution in [1.29, 1.82) is 0 Å². The Bertz CT molecular complexity index is 411. The molecule has 4 heteroatoms. The maximum absolute atomic E-state index is 13.0. The second-order valence-electron chi connectivity index (χ2n) is 4.79. The van der Waals surface area contributed by atoms with Crippen LogP contribution in [0.4, 0.5) is 4.39 Å². The number of ether oxygens (including phenoxy) is 1. The maximum atomic E-state index is 13.0. The van der Waals surface area contributed by atoms with Crippen LogP contribution in [0.3, 0.4) is 0 Å². The van der Waals surface area contributed by atoms with Crippen LogP contribution in [-0.2, 0) is 11.2 Å². The summed E-state index contributed by atoms with van der Waals surface area (Å²) in [5.41, 5.74) is 0.857. The molecule has 1 aliphatic heterocycles. The molecule has 1 fully saturated rings. The van der Waals surface area contributed by atoms with Crippen molar-refractivity contribution < 1.29 is 14.2 Å². The van der Waals surface area contributed by atoms with Gasteiger partial charge in [-0.05, 0) is 37.0 Å². The van der Waals surface area contributed by atoms with E-state index in [9.17, 15) is 9.50 Å².